The lowest BCUT2D eigenvalue weighted by molar-refractivity contribution is 0.0693. The standard InChI is InChI=1S/C12H8ClN3O2S/c13-9-2-1-8(19-9)11-15-10(12(17)18)7-5-6(14)3-4-16(7)11/h1-5H,14H2,(H,17,18). The molecule has 0 spiro atoms. The number of thiophene rings is 1. The van der Waals surface area contributed by atoms with Crippen molar-refractivity contribution in [2.45, 2.75) is 0 Å². The van der Waals surface area contributed by atoms with Gasteiger partial charge < -0.3 is 10.8 Å². The van der Waals surface area contributed by atoms with Crippen LogP contribution < -0.4 is 5.73 Å². The lowest BCUT2D eigenvalue weighted by Gasteiger charge is -1.99. The van der Waals surface area contributed by atoms with Gasteiger partial charge in [0, 0.05) is 11.9 Å². The van der Waals surface area contributed by atoms with Crippen molar-refractivity contribution < 1.29 is 9.90 Å². The fraction of sp³-hybridized carbons (Fsp3) is 0. The predicted molar refractivity (Wildman–Crippen MR) is 74.9 cm³/mol. The average Bonchev–Trinajstić information content (AvgIpc) is 2.92. The number of carbonyl (C=O) groups is 1. The number of hydrogen-bond donors (Lipinski definition) is 2. The molecule has 3 N–H and O–H groups in total. The van der Waals surface area contributed by atoms with Crippen molar-refractivity contribution in [1.29, 1.82) is 0 Å². The van der Waals surface area contributed by atoms with E-state index < -0.39 is 5.97 Å². The number of aromatic nitrogens is 2. The molecule has 0 saturated heterocycles. The Labute approximate surface area is 116 Å². The normalized spacial score (nSPS) is 11.0. The number of anilines is 1. The Bertz CT molecular complexity index is 793. The first kappa shape index (κ1) is 12.0. The Balaban J connectivity index is 2.34. The highest BCUT2D eigenvalue weighted by Gasteiger charge is 2.18. The molecule has 5 nitrogen and oxygen atoms in total. The van der Waals surface area contributed by atoms with Crippen LogP contribution in [-0.2, 0) is 0 Å². The molecule has 0 amide bonds. The van der Waals surface area contributed by atoms with E-state index >= 15 is 0 Å². The molecule has 3 heterocycles. The molecule has 3 aromatic rings. The molecule has 0 atom stereocenters. The van der Waals surface area contributed by atoms with Gasteiger partial charge in [0.1, 0.15) is 0 Å². The summed E-state index contributed by atoms with van der Waals surface area (Å²) in [4.78, 5) is 16.2. The quantitative estimate of drug-likeness (QED) is 0.761. The number of carboxylic acids is 1. The van der Waals surface area contributed by atoms with Gasteiger partial charge in [-0.25, -0.2) is 9.78 Å². The van der Waals surface area contributed by atoms with Crippen LogP contribution in [0.15, 0.2) is 30.5 Å². The summed E-state index contributed by atoms with van der Waals surface area (Å²) >= 11 is 7.24. The summed E-state index contributed by atoms with van der Waals surface area (Å²) in [6.45, 7) is 0. The van der Waals surface area contributed by atoms with Gasteiger partial charge in [0.15, 0.2) is 11.5 Å². The summed E-state index contributed by atoms with van der Waals surface area (Å²) < 4.78 is 2.32. The molecule has 0 radical (unpaired) electrons. The number of pyridine rings is 1. The van der Waals surface area contributed by atoms with Crippen molar-refractivity contribution in [2.24, 2.45) is 0 Å². The molecule has 3 aromatic heterocycles. The van der Waals surface area contributed by atoms with Gasteiger partial charge in [-0.3, -0.25) is 4.40 Å². The number of nitrogens with zero attached hydrogens (tertiary/aromatic N) is 2. The zero-order chi connectivity index (χ0) is 13.6. The van der Waals surface area contributed by atoms with E-state index in [0.29, 0.717) is 21.4 Å². The van der Waals surface area contributed by atoms with E-state index in [0.717, 1.165) is 4.88 Å². The van der Waals surface area contributed by atoms with Crippen LogP contribution in [0.3, 0.4) is 0 Å². The van der Waals surface area contributed by atoms with Gasteiger partial charge in [-0.1, -0.05) is 11.6 Å². The Kier molecular flexibility index (Phi) is 2.69. The highest BCUT2D eigenvalue weighted by Crippen LogP contribution is 2.32. The van der Waals surface area contributed by atoms with Gasteiger partial charge in [0.2, 0.25) is 0 Å². The Hall–Kier alpha value is -2.05. The first-order valence-corrected chi connectivity index (χ1v) is 6.52. The lowest BCUT2D eigenvalue weighted by atomic mass is 10.3. The van der Waals surface area contributed by atoms with Crippen molar-refractivity contribution >= 4 is 40.1 Å². The van der Waals surface area contributed by atoms with E-state index in [4.69, 9.17) is 17.3 Å². The summed E-state index contributed by atoms with van der Waals surface area (Å²) in [5, 5.41) is 9.20. The molecule has 0 bridgehead atoms. The van der Waals surface area contributed by atoms with Gasteiger partial charge in [0.25, 0.3) is 0 Å². The number of hydrogen-bond acceptors (Lipinski definition) is 4. The van der Waals surface area contributed by atoms with Gasteiger partial charge in [-0.2, -0.15) is 0 Å². The Morgan fingerprint density at radius 2 is 2.21 bits per heavy atom. The van der Waals surface area contributed by atoms with E-state index in [1.807, 2.05) is 6.07 Å². The van der Waals surface area contributed by atoms with Crippen LogP contribution in [0.25, 0.3) is 16.2 Å². The van der Waals surface area contributed by atoms with Crippen molar-refractivity contribution in [3.8, 4) is 10.7 Å². The molecule has 19 heavy (non-hydrogen) atoms. The van der Waals surface area contributed by atoms with E-state index in [2.05, 4.69) is 4.98 Å². The molecule has 0 aliphatic heterocycles. The fourth-order valence-electron chi connectivity index (χ4n) is 1.87. The molecule has 7 heteroatoms. The number of rotatable bonds is 2. The van der Waals surface area contributed by atoms with E-state index in [1.165, 1.54) is 11.3 Å². The largest absolute Gasteiger partial charge is 0.476 e. The first-order chi connectivity index (χ1) is 9.06. The number of nitrogen functional groups attached to an aromatic ring is 1. The van der Waals surface area contributed by atoms with Crippen molar-refractivity contribution in [1.82, 2.24) is 9.38 Å². The zero-order valence-corrected chi connectivity index (χ0v) is 11.1. The van der Waals surface area contributed by atoms with Crippen LogP contribution in [0.2, 0.25) is 4.34 Å². The molecular formula is C12H8ClN3O2S. The third-order valence-electron chi connectivity index (χ3n) is 2.66. The SMILES string of the molecule is Nc1ccn2c(-c3ccc(Cl)s3)nc(C(=O)O)c2c1. The van der Waals surface area contributed by atoms with Crippen LogP contribution in [0.5, 0.6) is 0 Å². The molecule has 0 fully saturated rings. The van der Waals surface area contributed by atoms with Gasteiger partial charge in [0.05, 0.1) is 14.7 Å². The highest BCUT2D eigenvalue weighted by atomic mass is 35.5. The van der Waals surface area contributed by atoms with Crippen LogP contribution in [-0.4, -0.2) is 20.5 Å². The molecular weight excluding hydrogens is 286 g/mol. The number of fused-ring (bicyclic) bond motifs is 1. The molecule has 0 saturated carbocycles. The predicted octanol–water partition coefficient (Wildman–Crippen LogP) is 3.00. The lowest BCUT2D eigenvalue weighted by Crippen LogP contribution is -1.97. The van der Waals surface area contributed by atoms with Gasteiger partial charge in [-0.05, 0) is 24.3 Å². The number of aromatic carboxylic acids is 1. The van der Waals surface area contributed by atoms with E-state index in [9.17, 15) is 9.90 Å². The summed E-state index contributed by atoms with van der Waals surface area (Å²) in [5.74, 6) is -0.540. The molecule has 0 aliphatic rings. The number of carboxylic acid groups (broad SMARTS) is 1. The second-order valence-corrected chi connectivity index (χ2v) is 5.62. The smallest absolute Gasteiger partial charge is 0.356 e. The number of halogens is 1. The van der Waals surface area contributed by atoms with Crippen molar-refractivity contribution in [3.63, 3.8) is 0 Å². The van der Waals surface area contributed by atoms with Crippen LogP contribution in [0, 0.1) is 0 Å². The van der Waals surface area contributed by atoms with Gasteiger partial charge in [-0.15, -0.1) is 11.3 Å². The third-order valence-corrected chi connectivity index (χ3v) is 3.89. The zero-order valence-electron chi connectivity index (χ0n) is 9.50. The van der Waals surface area contributed by atoms with Gasteiger partial charge >= 0.3 is 5.97 Å². The number of imidazole rings is 1. The second-order valence-electron chi connectivity index (χ2n) is 3.91. The molecule has 0 aromatic carbocycles. The number of nitrogens with two attached hydrogens (primary N) is 1. The minimum Gasteiger partial charge on any atom is -0.476 e. The van der Waals surface area contributed by atoms with E-state index in [-0.39, 0.29) is 5.69 Å². The summed E-state index contributed by atoms with van der Waals surface area (Å²) in [7, 11) is 0. The Morgan fingerprint density at radius 3 is 2.84 bits per heavy atom. The van der Waals surface area contributed by atoms with Crippen LogP contribution in [0.4, 0.5) is 5.69 Å². The maximum Gasteiger partial charge on any atom is 0.356 e. The van der Waals surface area contributed by atoms with Crippen LogP contribution >= 0.6 is 22.9 Å². The monoisotopic (exact) mass is 293 g/mol. The third kappa shape index (κ3) is 1.94. The first-order valence-electron chi connectivity index (χ1n) is 5.33. The summed E-state index contributed by atoms with van der Waals surface area (Å²) in [5.41, 5.74) is 6.63. The topological polar surface area (TPSA) is 80.6 Å². The van der Waals surface area contributed by atoms with Crippen molar-refractivity contribution in [3.05, 3.63) is 40.5 Å². The summed E-state index contributed by atoms with van der Waals surface area (Å²) in [6.07, 6.45) is 1.70. The van der Waals surface area contributed by atoms with Crippen molar-refractivity contribution in [2.75, 3.05) is 5.73 Å². The summed E-state index contributed by atoms with van der Waals surface area (Å²) in [6, 6.07) is 6.85. The molecule has 96 valence electrons. The van der Waals surface area contributed by atoms with Crippen LogP contribution in [0.1, 0.15) is 10.5 Å². The molecule has 3 rings (SSSR count). The maximum atomic E-state index is 11.2. The fourth-order valence-corrected chi connectivity index (χ4v) is 2.90. The van der Waals surface area contributed by atoms with E-state index in [1.54, 1.807) is 28.8 Å². The minimum absolute atomic E-state index is 0.0215. The molecule has 0 unspecified atom stereocenters. The minimum atomic E-state index is -1.09. The average molecular weight is 294 g/mol. The highest BCUT2D eigenvalue weighted by molar-refractivity contribution is 7.19. The molecule has 0 aliphatic carbocycles. The Morgan fingerprint density at radius 1 is 1.42 bits per heavy atom. The maximum absolute atomic E-state index is 11.2. The second kappa shape index (κ2) is 4.25.